The first kappa shape index (κ1) is 15.8. The Kier molecular flexibility index (Phi) is 3.59. The van der Waals surface area contributed by atoms with E-state index < -0.39 is 27.6 Å². The van der Waals surface area contributed by atoms with E-state index in [1.54, 1.807) is 63.3 Å². The van der Waals surface area contributed by atoms with E-state index in [9.17, 15) is 13.2 Å². The fourth-order valence-corrected chi connectivity index (χ4v) is 4.38. The molecule has 0 unspecified atom stereocenters. The predicted octanol–water partition coefficient (Wildman–Crippen LogP) is 2.90. The van der Waals surface area contributed by atoms with Crippen LogP contribution >= 0.6 is 0 Å². The van der Waals surface area contributed by atoms with Gasteiger partial charge in [-0.15, -0.1) is 0 Å². The lowest BCUT2D eigenvalue weighted by Crippen LogP contribution is -2.41. The number of nitrogens with zero attached hydrogens (tertiary/aromatic N) is 1. The van der Waals surface area contributed by atoms with Gasteiger partial charge in [-0.3, -0.25) is 4.90 Å². The Morgan fingerprint density at radius 2 is 1.78 bits per heavy atom. The lowest BCUT2D eigenvalue weighted by Gasteiger charge is -2.28. The van der Waals surface area contributed by atoms with Crippen LogP contribution in [0.3, 0.4) is 0 Å². The van der Waals surface area contributed by atoms with E-state index in [-0.39, 0.29) is 15.8 Å². The first-order valence-electron chi connectivity index (χ1n) is 7.42. The van der Waals surface area contributed by atoms with Crippen LogP contribution in [0.15, 0.2) is 58.4 Å². The highest BCUT2D eigenvalue weighted by molar-refractivity contribution is 7.95. The third-order valence-electron chi connectivity index (χ3n) is 3.71. The van der Waals surface area contributed by atoms with Gasteiger partial charge >= 0.3 is 6.09 Å². The summed E-state index contributed by atoms with van der Waals surface area (Å²) >= 11 is 0. The Hall–Kier alpha value is -2.08. The number of amides is 1. The van der Waals surface area contributed by atoms with Crippen LogP contribution in [0, 0.1) is 0 Å². The maximum Gasteiger partial charge on any atom is 0.411 e. The van der Waals surface area contributed by atoms with Gasteiger partial charge in [-0.25, -0.2) is 13.2 Å². The molecule has 6 heteroatoms. The third-order valence-corrected chi connectivity index (χ3v) is 5.60. The van der Waals surface area contributed by atoms with Gasteiger partial charge in [-0.1, -0.05) is 30.4 Å². The van der Waals surface area contributed by atoms with Crippen molar-refractivity contribution in [2.75, 3.05) is 0 Å². The molecule has 23 heavy (non-hydrogen) atoms. The number of hydrogen-bond donors (Lipinski definition) is 0. The number of sulfone groups is 1. The van der Waals surface area contributed by atoms with Gasteiger partial charge < -0.3 is 4.74 Å². The zero-order valence-electron chi connectivity index (χ0n) is 13.3. The standard InChI is InChI=1S/C17H19NO4S/c1-17(2,3)22-16(19)18-12-9-10-14(18)15(11-12)23(20,21)13-7-5-4-6-8-13/h4-12,14H,1-3H3/t12-,14+/m0/s1. The molecule has 0 spiro atoms. The molecule has 0 fully saturated rings. The number of carbonyl (C=O) groups is 1. The third kappa shape index (κ3) is 2.79. The second-order valence-corrected chi connectivity index (χ2v) is 8.54. The van der Waals surface area contributed by atoms with Gasteiger partial charge in [0.25, 0.3) is 0 Å². The summed E-state index contributed by atoms with van der Waals surface area (Å²) in [6, 6.07) is 7.28. The molecule has 0 N–H and O–H groups in total. The number of hydrogen-bond acceptors (Lipinski definition) is 4. The monoisotopic (exact) mass is 333 g/mol. The molecule has 1 aromatic carbocycles. The van der Waals surface area contributed by atoms with E-state index in [1.807, 2.05) is 6.08 Å². The van der Waals surface area contributed by atoms with Crippen molar-refractivity contribution in [1.29, 1.82) is 0 Å². The Labute approximate surface area is 136 Å². The minimum absolute atomic E-state index is 0.233. The molecule has 2 heterocycles. The largest absolute Gasteiger partial charge is 0.444 e. The lowest BCUT2D eigenvalue weighted by atomic mass is 10.2. The number of benzene rings is 1. The summed E-state index contributed by atoms with van der Waals surface area (Å²) in [7, 11) is -3.62. The van der Waals surface area contributed by atoms with Crippen LogP contribution < -0.4 is 0 Å². The summed E-state index contributed by atoms with van der Waals surface area (Å²) in [4.78, 5) is 14.3. The molecule has 2 bridgehead atoms. The first-order valence-corrected chi connectivity index (χ1v) is 8.90. The molecule has 1 aromatic rings. The second kappa shape index (κ2) is 5.23. The van der Waals surface area contributed by atoms with Crippen LogP contribution in [0.4, 0.5) is 4.79 Å². The van der Waals surface area contributed by atoms with Crippen LogP contribution in [0.25, 0.3) is 0 Å². The van der Waals surface area contributed by atoms with Gasteiger partial charge in [-0.2, -0.15) is 0 Å². The van der Waals surface area contributed by atoms with E-state index in [1.165, 1.54) is 4.90 Å². The smallest absolute Gasteiger partial charge is 0.411 e. The molecular formula is C17H19NO4S. The highest BCUT2D eigenvalue weighted by Gasteiger charge is 2.46. The molecule has 5 nitrogen and oxygen atoms in total. The average Bonchev–Trinajstić information content (AvgIpc) is 3.04. The topological polar surface area (TPSA) is 63.7 Å². The van der Waals surface area contributed by atoms with E-state index in [4.69, 9.17) is 4.74 Å². The van der Waals surface area contributed by atoms with Crippen LogP contribution in [0.2, 0.25) is 0 Å². The molecule has 0 saturated heterocycles. The summed E-state index contributed by atoms with van der Waals surface area (Å²) in [6.45, 7) is 5.35. The molecule has 2 aliphatic heterocycles. The molecule has 0 aromatic heterocycles. The quantitative estimate of drug-likeness (QED) is 0.781. The molecule has 0 aliphatic carbocycles. The normalized spacial score (nSPS) is 23.1. The van der Waals surface area contributed by atoms with Crippen LogP contribution in [-0.4, -0.2) is 37.1 Å². The maximum atomic E-state index is 12.8. The SMILES string of the molecule is CC(C)(C)OC(=O)N1[C@H]2C=C[C@@H]1C(S(=O)(=O)c1ccccc1)=C2. The van der Waals surface area contributed by atoms with E-state index in [0.29, 0.717) is 0 Å². The molecule has 2 aliphatic rings. The highest BCUT2D eigenvalue weighted by atomic mass is 32.2. The summed E-state index contributed by atoms with van der Waals surface area (Å²) < 4.78 is 31.0. The van der Waals surface area contributed by atoms with Gasteiger partial charge in [0.05, 0.1) is 21.9 Å². The van der Waals surface area contributed by atoms with Gasteiger partial charge in [-0.05, 0) is 39.0 Å². The van der Waals surface area contributed by atoms with Crippen molar-refractivity contribution < 1.29 is 17.9 Å². The number of carbonyl (C=O) groups excluding carboxylic acids is 1. The van der Waals surface area contributed by atoms with Gasteiger partial charge in [0.1, 0.15) is 5.60 Å². The van der Waals surface area contributed by atoms with Crippen molar-refractivity contribution in [3.63, 3.8) is 0 Å². The fourth-order valence-electron chi connectivity index (χ4n) is 2.76. The molecular weight excluding hydrogens is 314 g/mol. The van der Waals surface area contributed by atoms with Crippen LogP contribution in [-0.2, 0) is 14.6 Å². The summed E-state index contributed by atoms with van der Waals surface area (Å²) in [5.74, 6) is 0. The first-order chi connectivity index (χ1) is 10.7. The molecule has 122 valence electrons. The molecule has 3 rings (SSSR count). The van der Waals surface area contributed by atoms with Gasteiger partial charge in [0.2, 0.25) is 9.84 Å². The average molecular weight is 333 g/mol. The van der Waals surface area contributed by atoms with Crippen molar-refractivity contribution in [1.82, 2.24) is 4.90 Å². The molecule has 0 radical (unpaired) electrons. The summed E-state index contributed by atoms with van der Waals surface area (Å²) in [6.07, 6.45) is 4.67. The minimum Gasteiger partial charge on any atom is -0.444 e. The Balaban J connectivity index is 1.88. The zero-order chi connectivity index (χ0) is 16.8. The number of fused-ring (bicyclic) bond motifs is 2. The Bertz CT molecular complexity index is 788. The van der Waals surface area contributed by atoms with Crippen molar-refractivity contribution in [2.24, 2.45) is 0 Å². The number of ether oxygens (including phenoxy) is 1. The predicted molar refractivity (Wildman–Crippen MR) is 86.5 cm³/mol. The Morgan fingerprint density at radius 3 is 2.39 bits per heavy atom. The van der Waals surface area contributed by atoms with Crippen LogP contribution in [0.5, 0.6) is 0 Å². The van der Waals surface area contributed by atoms with E-state index >= 15 is 0 Å². The minimum atomic E-state index is -3.62. The van der Waals surface area contributed by atoms with Gasteiger partial charge in [0, 0.05) is 0 Å². The van der Waals surface area contributed by atoms with Crippen molar-refractivity contribution in [3.05, 3.63) is 53.5 Å². The molecule has 0 saturated carbocycles. The highest BCUT2D eigenvalue weighted by Crippen LogP contribution is 2.38. The van der Waals surface area contributed by atoms with Crippen molar-refractivity contribution >= 4 is 15.9 Å². The van der Waals surface area contributed by atoms with Crippen LogP contribution in [0.1, 0.15) is 20.8 Å². The summed E-state index contributed by atoms with van der Waals surface area (Å²) in [5.41, 5.74) is -0.627. The van der Waals surface area contributed by atoms with E-state index in [2.05, 4.69) is 0 Å². The zero-order valence-corrected chi connectivity index (χ0v) is 14.1. The summed E-state index contributed by atoms with van der Waals surface area (Å²) in [5, 5.41) is 0. The molecule has 1 amide bonds. The lowest BCUT2D eigenvalue weighted by molar-refractivity contribution is 0.0245. The fraction of sp³-hybridized carbons (Fsp3) is 0.353. The Morgan fingerprint density at radius 1 is 1.13 bits per heavy atom. The van der Waals surface area contributed by atoms with Gasteiger partial charge in [0.15, 0.2) is 0 Å². The van der Waals surface area contributed by atoms with Crippen molar-refractivity contribution in [3.8, 4) is 0 Å². The van der Waals surface area contributed by atoms with E-state index in [0.717, 1.165) is 0 Å². The number of rotatable bonds is 2. The molecule has 2 atom stereocenters. The second-order valence-electron chi connectivity index (χ2n) is 6.59. The maximum absolute atomic E-state index is 12.8. The van der Waals surface area contributed by atoms with Crippen molar-refractivity contribution in [2.45, 2.75) is 43.4 Å².